The summed E-state index contributed by atoms with van der Waals surface area (Å²) in [6.45, 7) is -0.0844. The molecule has 0 aliphatic carbocycles. The number of hydrogen-bond acceptors (Lipinski definition) is 2. The highest BCUT2D eigenvalue weighted by atomic mass is 16.4. The largest absolute Gasteiger partial charge is 0.458 e. The Hall–Kier alpha value is -2.06. The topological polar surface area (TPSA) is 33.4 Å². The molecule has 1 heterocycles. The zero-order chi connectivity index (χ0) is 11.7. The second-order valence-electron chi connectivity index (χ2n) is 3.92. The lowest BCUT2D eigenvalue weighted by Crippen LogP contribution is -1.83. The lowest BCUT2D eigenvalue weighted by Gasteiger charge is -2.00. The van der Waals surface area contributed by atoms with Crippen LogP contribution in [0.4, 0.5) is 0 Å². The van der Waals surface area contributed by atoms with Gasteiger partial charge in [0, 0.05) is 10.9 Å². The Labute approximate surface area is 99.1 Å². The van der Waals surface area contributed by atoms with Crippen molar-refractivity contribution in [2.45, 2.75) is 6.61 Å². The first-order chi connectivity index (χ1) is 8.40. The summed E-state index contributed by atoms with van der Waals surface area (Å²) in [5.41, 5.74) is 2.88. The quantitative estimate of drug-likeness (QED) is 0.721. The van der Waals surface area contributed by atoms with Gasteiger partial charge < -0.3 is 9.52 Å². The van der Waals surface area contributed by atoms with Crippen molar-refractivity contribution in [3.05, 3.63) is 60.4 Å². The SMILES string of the molecule is OCc1oc2ccccc2c1-c1ccccc1. The number of hydrogen-bond donors (Lipinski definition) is 1. The van der Waals surface area contributed by atoms with Crippen molar-refractivity contribution >= 4 is 11.0 Å². The van der Waals surface area contributed by atoms with Gasteiger partial charge in [-0.3, -0.25) is 0 Å². The molecular weight excluding hydrogens is 212 g/mol. The fourth-order valence-corrected chi connectivity index (χ4v) is 2.13. The van der Waals surface area contributed by atoms with E-state index in [1.807, 2.05) is 54.6 Å². The Bertz CT molecular complexity index is 638. The molecule has 0 fully saturated rings. The Kier molecular flexibility index (Phi) is 2.42. The molecule has 0 unspecified atom stereocenters. The Morgan fingerprint density at radius 1 is 0.882 bits per heavy atom. The predicted molar refractivity (Wildman–Crippen MR) is 67.6 cm³/mol. The number of benzene rings is 2. The van der Waals surface area contributed by atoms with Gasteiger partial charge in [0.05, 0.1) is 0 Å². The number of aliphatic hydroxyl groups is 1. The maximum Gasteiger partial charge on any atom is 0.138 e. The fourth-order valence-electron chi connectivity index (χ4n) is 2.13. The maximum absolute atomic E-state index is 9.39. The number of furan rings is 1. The smallest absolute Gasteiger partial charge is 0.138 e. The molecule has 1 N–H and O–H groups in total. The van der Waals surface area contributed by atoms with Crippen LogP contribution in [0.25, 0.3) is 22.1 Å². The third-order valence-electron chi connectivity index (χ3n) is 2.87. The molecule has 17 heavy (non-hydrogen) atoms. The normalized spacial score (nSPS) is 10.9. The number of rotatable bonds is 2. The second kappa shape index (κ2) is 4.07. The highest BCUT2D eigenvalue weighted by molar-refractivity contribution is 5.95. The van der Waals surface area contributed by atoms with Gasteiger partial charge in [-0.25, -0.2) is 0 Å². The average molecular weight is 224 g/mol. The summed E-state index contributed by atoms with van der Waals surface area (Å²) in [6, 6.07) is 17.8. The summed E-state index contributed by atoms with van der Waals surface area (Å²) < 4.78 is 5.65. The van der Waals surface area contributed by atoms with Crippen LogP contribution < -0.4 is 0 Å². The first-order valence-corrected chi connectivity index (χ1v) is 5.57. The summed E-state index contributed by atoms with van der Waals surface area (Å²) in [4.78, 5) is 0. The zero-order valence-corrected chi connectivity index (χ0v) is 9.26. The van der Waals surface area contributed by atoms with E-state index in [0.717, 1.165) is 22.1 Å². The summed E-state index contributed by atoms with van der Waals surface area (Å²) in [6.07, 6.45) is 0. The van der Waals surface area contributed by atoms with Crippen molar-refractivity contribution in [3.8, 4) is 11.1 Å². The van der Waals surface area contributed by atoms with Crippen LogP contribution in [0.5, 0.6) is 0 Å². The molecule has 0 saturated heterocycles. The van der Waals surface area contributed by atoms with Crippen LogP contribution in [-0.2, 0) is 6.61 Å². The number of para-hydroxylation sites is 1. The van der Waals surface area contributed by atoms with Gasteiger partial charge in [-0.1, -0.05) is 48.5 Å². The molecule has 0 saturated carbocycles. The van der Waals surface area contributed by atoms with E-state index in [-0.39, 0.29) is 6.61 Å². The van der Waals surface area contributed by atoms with Crippen LogP contribution >= 0.6 is 0 Å². The summed E-state index contributed by atoms with van der Waals surface area (Å²) in [5, 5.41) is 10.4. The molecule has 2 aromatic carbocycles. The first kappa shape index (κ1) is 10.1. The van der Waals surface area contributed by atoms with Gasteiger partial charge in [0.1, 0.15) is 18.0 Å². The second-order valence-corrected chi connectivity index (χ2v) is 3.92. The third kappa shape index (κ3) is 1.63. The van der Waals surface area contributed by atoms with Crippen molar-refractivity contribution in [2.24, 2.45) is 0 Å². The van der Waals surface area contributed by atoms with Crippen LogP contribution in [0.2, 0.25) is 0 Å². The van der Waals surface area contributed by atoms with E-state index >= 15 is 0 Å². The summed E-state index contributed by atoms with van der Waals surface area (Å²) >= 11 is 0. The molecule has 84 valence electrons. The van der Waals surface area contributed by atoms with Crippen molar-refractivity contribution in [3.63, 3.8) is 0 Å². The van der Waals surface area contributed by atoms with Gasteiger partial charge >= 0.3 is 0 Å². The highest BCUT2D eigenvalue weighted by Gasteiger charge is 2.14. The van der Waals surface area contributed by atoms with Crippen LogP contribution in [0, 0.1) is 0 Å². The molecule has 0 bridgehead atoms. The maximum atomic E-state index is 9.39. The predicted octanol–water partition coefficient (Wildman–Crippen LogP) is 3.59. The van der Waals surface area contributed by atoms with E-state index < -0.39 is 0 Å². The average Bonchev–Trinajstić information content (AvgIpc) is 2.78. The monoisotopic (exact) mass is 224 g/mol. The Balaban J connectivity index is 2.34. The van der Waals surface area contributed by atoms with Crippen molar-refractivity contribution in [2.75, 3.05) is 0 Å². The van der Waals surface area contributed by atoms with E-state index in [4.69, 9.17) is 4.42 Å². The van der Waals surface area contributed by atoms with Crippen molar-refractivity contribution in [1.29, 1.82) is 0 Å². The minimum Gasteiger partial charge on any atom is -0.458 e. The minimum absolute atomic E-state index is 0.0844. The first-order valence-electron chi connectivity index (χ1n) is 5.57. The molecule has 0 atom stereocenters. The molecule has 0 radical (unpaired) electrons. The van der Waals surface area contributed by atoms with Gasteiger partial charge in [-0.2, -0.15) is 0 Å². The molecule has 2 heteroatoms. The highest BCUT2D eigenvalue weighted by Crippen LogP contribution is 2.34. The lowest BCUT2D eigenvalue weighted by atomic mass is 10.0. The summed E-state index contributed by atoms with van der Waals surface area (Å²) in [7, 11) is 0. The van der Waals surface area contributed by atoms with Crippen LogP contribution in [0.1, 0.15) is 5.76 Å². The van der Waals surface area contributed by atoms with Gasteiger partial charge in [-0.15, -0.1) is 0 Å². The standard InChI is InChI=1S/C15H12O2/c16-10-14-15(11-6-2-1-3-7-11)12-8-4-5-9-13(12)17-14/h1-9,16H,10H2. The van der Waals surface area contributed by atoms with Crippen LogP contribution in [0.15, 0.2) is 59.0 Å². The molecule has 3 rings (SSSR count). The molecule has 0 spiro atoms. The van der Waals surface area contributed by atoms with Crippen molar-refractivity contribution in [1.82, 2.24) is 0 Å². The molecular formula is C15H12O2. The molecule has 1 aromatic heterocycles. The van der Waals surface area contributed by atoms with E-state index in [1.165, 1.54) is 0 Å². The third-order valence-corrected chi connectivity index (χ3v) is 2.87. The fraction of sp³-hybridized carbons (Fsp3) is 0.0667. The van der Waals surface area contributed by atoms with E-state index in [9.17, 15) is 5.11 Å². The number of fused-ring (bicyclic) bond motifs is 1. The molecule has 3 aromatic rings. The van der Waals surface area contributed by atoms with Gasteiger partial charge in [0.25, 0.3) is 0 Å². The molecule has 2 nitrogen and oxygen atoms in total. The van der Waals surface area contributed by atoms with Crippen LogP contribution in [0.3, 0.4) is 0 Å². The van der Waals surface area contributed by atoms with E-state index in [0.29, 0.717) is 5.76 Å². The van der Waals surface area contributed by atoms with Gasteiger partial charge in [0.15, 0.2) is 0 Å². The lowest BCUT2D eigenvalue weighted by molar-refractivity contribution is 0.252. The molecule has 0 aliphatic rings. The molecule has 0 aliphatic heterocycles. The van der Waals surface area contributed by atoms with E-state index in [1.54, 1.807) is 0 Å². The van der Waals surface area contributed by atoms with Gasteiger partial charge in [0.2, 0.25) is 0 Å². The zero-order valence-electron chi connectivity index (χ0n) is 9.26. The van der Waals surface area contributed by atoms with E-state index in [2.05, 4.69) is 0 Å². The number of aliphatic hydroxyl groups excluding tert-OH is 1. The minimum atomic E-state index is -0.0844. The Morgan fingerprint density at radius 2 is 1.59 bits per heavy atom. The molecule has 0 amide bonds. The van der Waals surface area contributed by atoms with Crippen LogP contribution in [-0.4, -0.2) is 5.11 Å². The van der Waals surface area contributed by atoms with Gasteiger partial charge in [-0.05, 0) is 11.6 Å². The summed E-state index contributed by atoms with van der Waals surface area (Å²) in [5.74, 6) is 0.623. The van der Waals surface area contributed by atoms with Crippen molar-refractivity contribution < 1.29 is 9.52 Å². The Morgan fingerprint density at radius 3 is 2.35 bits per heavy atom.